The maximum atomic E-state index is 13.3. The van der Waals surface area contributed by atoms with E-state index in [9.17, 15) is 35.4 Å². The first kappa shape index (κ1) is 19.9. The normalized spacial score (nSPS) is 35.9. The average Bonchev–Trinajstić information content (AvgIpc) is 3.15. The molecule has 1 aliphatic carbocycles. The van der Waals surface area contributed by atoms with Crippen LogP contribution in [0.25, 0.3) is 0 Å². The van der Waals surface area contributed by atoms with Crippen LogP contribution in [-0.4, -0.2) is 66.6 Å². The molecular formula is C21H20O10. The van der Waals surface area contributed by atoms with Gasteiger partial charge in [-0.1, -0.05) is 6.07 Å². The summed E-state index contributed by atoms with van der Waals surface area (Å²) in [6.45, 7) is 1.60. The molecule has 31 heavy (non-hydrogen) atoms. The van der Waals surface area contributed by atoms with Gasteiger partial charge >= 0.3 is 0 Å². The van der Waals surface area contributed by atoms with Gasteiger partial charge in [0.1, 0.15) is 28.9 Å². The summed E-state index contributed by atoms with van der Waals surface area (Å²) in [6.07, 6.45) is -5.43. The van der Waals surface area contributed by atoms with Gasteiger partial charge in [-0.2, -0.15) is 0 Å². The van der Waals surface area contributed by atoms with Crippen LogP contribution in [0.1, 0.15) is 28.9 Å². The fourth-order valence-corrected chi connectivity index (χ4v) is 4.43. The largest absolute Gasteiger partial charge is 0.508 e. The molecule has 2 heterocycles. The zero-order valence-electron chi connectivity index (χ0n) is 16.2. The van der Waals surface area contributed by atoms with Gasteiger partial charge in [-0.3, -0.25) is 4.79 Å². The molecule has 10 heteroatoms. The number of fused-ring (bicyclic) bond motifs is 2. The highest BCUT2D eigenvalue weighted by Crippen LogP contribution is 2.59. The van der Waals surface area contributed by atoms with E-state index in [1.807, 2.05) is 0 Å². The van der Waals surface area contributed by atoms with Crippen molar-refractivity contribution >= 4 is 5.78 Å². The van der Waals surface area contributed by atoms with Crippen LogP contribution in [0.3, 0.4) is 0 Å². The van der Waals surface area contributed by atoms with Crippen molar-refractivity contribution in [2.45, 2.75) is 43.2 Å². The fourth-order valence-electron chi connectivity index (χ4n) is 4.43. The van der Waals surface area contributed by atoms with Crippen LogP contribution >= 0.6 is 0 Å². The van der Waals surface area contributed by atoms with Crippen molar-refractivity contribution in [2.24, 2.45) is 5.92 Å². The summed E-state index contributed by atoms with van der Waals surface area (Å²) in [7, 11) is 0. The third-order valence-corrected chi connectivity index (χ3v) is 6.07. The third-order valence-electron chi connectivity index (χ3n) is 6.07. The summed E-state index contributed by atoms with van der Waals surface area (Å²) < 4.78 is 17.4. The van der Waals surface area contributed by atoms with Gasteiger partial charge in [0.25, 0.3) is 0 Å². The predicted octanol–water partition coefficient (Wildman–Crippen LogP) is 0.677. The number of hydrogen-bond acceptors (Lipinski definition) is 10. The SMILES string of the molecule is CC1OC2(OC3C(=O)c4c(O)cc(O)cc4OC3c3ccc(O)c(O)c3)C(O)C2C1O. The van der Waals surface area contributed by atoms with Gasteiger partial charge in [-0.25, -0.2) is 0 Å². The zero-order chi connectivity index (χ0) is 22.2. The molecule has 3 aliphatic rings. The number of phenols is 4. The first-order chi connectivity index (χ1) is 14.6. The van der Waals surface area contributed by atoms with Gasteiger partial charge in [0.2, 0.25) is 11.6 Å². The molecule has 0 bridgehead atoms. The highest BCUT2D eigenvalue weighted by atomic mass is 16.8. The second-order valence-electron chi connectivity index (χ2n) is 8.03. The Morgan fingerprint density at radius 2 is 1.74 bits per heavy atom. The smallest absolute Gasteiger partial charge is 0.204 e. The average molecular weight is 432 g/mol. The van der Waals surface area contributed by atoms with Gasteiger partial charge in [0, 0.05) is 12.1 Å². The molecule has 1 saturated carbocycles. The number of carbonyl (C=O) groups is 1. The first-order valence-electron chi connectivity index (χ1n) is 9.64. The van der Waals surface area contributed by atoms with Crippen LogP contribution in [0.5, 0.6) is 28.7 Å². The molecule has 6 N–H and O–H groups in total. The number of Topliss-reactive ketones (excluding diaryl/α,β-unsaturated/α-hetero) is 1. The lowest BCUT2D eigenvalue weighted by molar-refractivity contribution is -0.222. The molecule has 2 aromatic rings. The Morgan fingerprint density at radius 1 is 1.00 bits per heavy atom. The van der Waals surface area contributed by atoms with Gasteiger partial charge in [-0.15, -0.1) is 0 Å². The van der Waals surface area contributed by atoms with Crippen molar-refractivity contribution in [1.82, 2.24) is 0 Å². The summed E-state index contributed by atoms with van der Waals surface area (Å²) in [5, 5.41) is 60.1. The Balaban J connectivity index is 1.59. The summed E-state index contributed by atoms with van der Waals surface area (Å²) >= 11 is 0. The minimum Gasteiger partial charge on any atom is -0.508 e. The molecule has 7 unspecified atom stereocenters. The maximum Gasteiger partial charge on any atom is 0.204 e. The monoisotopic (exact) mass is 432 g/mol. The van der Waals surface area contributed by atoms with Crippen LogP contribution in [0.15, 0.2) is 30.3 Å². The van der Waals surface area contributed by atoms with E-state index in [1.165, 1.54) is 18.2 Å². The van der Waals surface area contributed by atoms with Gasteiger partial charge in [0.05, 0.1) is 18.1 Å². The Labute approximate surface area is 175 Å². The molecule has 0 amide bonds. The van der Waals surface area contributed by atoms with Crippen molar-refractivity contribution in [2.75, 3.05) is 0 Å². The lowest BCUT2D eigenvalue weighted by Crippen LogP contribution is -2.43. The molecule has 10 nitrogen and oxygen atoms in total. The molecule has 2 fully saturated rings. The van der Waals surface area contributed by atoms with Gasteiger partial charge in [-0.05, 0) is 24.6 Å². The van der Waals surface area contributed by atoms with E-state index in [4.69, 9.17) is 14.2 Å². The number of aliphatic hydroxyl groups excluding tert-OH is 2. The maximum absolute atomic E-state index is 13.3. The van der Waals surface area contributed by atoms with E-state index < -0.39 is 59.5 Å². The molecule has 1 saturated heterocycles. The summed E-state index contributed by atoms with van der Waals surface area (Å²) in [5.41, 5.74) is 0.0218. The first-order valence-corrected chi connectivity index (χ1v) is 9.64. The Bertz CT molecular complexity index is 1080. The Hall–Kier alpha value is -3.05. The van der Waals surface area contributed by atoms with Crippen molar-refractivity contribution in [3.05, 3.63) is 41.5 Å². The number of rotatable bonds is 3. The van der Waals surface area contributed by atoms with Gasteiger partial charge < -0.3 is 44.8 Å². The highest BCUT2D eigenvalue weighted by Gasteiger charge is 2.77. The van der Waals surface area contributed by atoms with E-state index >= 15 is 0 Å². The molecule has 5 rings (SSSR count). The number of hydrogen-bond donors (Lipinski definition) is 6. The van der Waals surface area contributed by atoms with E-state index in [0.29, 0.717) is 0 Å². The van der Waals surface area contributed by atoms with Crippen molar-refractivity contribution in [1.29, 1.82) is 0 Å². The molecule has 7 atom stereocenters. The molecule has 0 spiro atoms. The molecule has 0 radical (unpaired) electrons. The topological polar surface area (TPSA) is 166 Å². The molecule has 164 valence electrons. The minimum atomic E-state index is -1.62. The number of phenolic OH excluding ortho intramolecular Hbond substituents is 4. The summed E-state index contributed by atoms with van der Waals surface area (Å²) in [5.74, 6) is -4.89. The lowest BCUT2D eigenvalue weighted by atomic mass is 9.92. The molecule has 0 aromatic heterocycles. The third kappa shape index (κ3) is 2.76. The second-order valence-corrected chi connectivity index (χ2v) is 8.03. The predicted molar refractivity (Wildman–Crippen MR) is 101 cm³/mol. The van der Waals surface area contributed by atoms with Crippen LogP contribution in [-0.2, 0) is 9.47 Å². The number of aliphatic hydroxyl groups is 2. The van der Waals surface area contributed by atoms with E-state index in [0.717, 1.165) is 12.1 Å². The van der Waals surface area contributed by atoms with Crippen LogP contribution in [0, 0.1) is 5.92 Å². The van der Waals surface area contributed by atoms with Gasteiger partial charge in [0.15, 0.2) is 23.7 Å². The summed E-state index contributed by atoms with van der Waals surface area (Å²) in [4.78, 5) is 13.3. The Morgan fingerprint density at radius 3 is 2.42 bits per heavy atom. The minimum absolute atomic E-state index is 0.106. The van der Waals surface area contributed by atoms with Crippen molar-refractivity contribution in [3.8, 4) is 28.7 Å². The van der Waals surface area contributed by atoms with Crippen molar-refractivity contribution in [3.63, 3.8) is 0 Å². The quantitative estimate of drug-likeness (QED) is 0.380. The molecule has 2 aromatic carbocycles. The fraction of sp³-hybridized carbons (Fsp3) is 0.381. The Kier molecular flexibility index (Phi) is 4.15. The number of aromatic hydroxyl groups is 4. The van der Waals surface area contributed by atoms with E-state index in [1.54, 1.807) is 6.92 Å². The molecule has 2 aliphatic heterocycles. The standard InChI is InChI=1S/C21H20O10/c1-7-16(26)15-20(28)21(15,30-7)31-19-17(27)14-12(25)5-9(22)6-13(14)29-18(19)8-2-3-10(23)11(24)4-8/h2-7,15-16,18-20,22-26,28H,1H3. The lowest BCUT2D eigenvalue weighted by Gasteiger charge is -2.35. The molecular weight excluding hydrogens is 412 g/mol. The van der Waals surface area contributed by atoms with E-state index in [-0.39, 0.29) is 28.4 Å². The van der Waals surface area contributed by atoms with Crippen LogP contribution in [0.2, 0.25) is 0 Å². The number of ketones is 1. The summed E-state index contributed by atoms with van der Waals surface area (Å²) in [6, 6.07) is 5.93. The number of ether oxygens (including phenoxy) is 3. The second kappa shape index (κ2) is 6.47. The number of carbonyl (C=O) groups excluding carboxylic acids is 1. The number of benzene rings is 2. The van der Waals surface area contributed by atoms with Crippen LogP contribution in [0.4, 0.5) is 0 Å². The van der Waals surface area contributed by atoms with E-state index in [2.05, 4.69) is 0 Å². The highest BCUT2D eigenvalue weighted by molar-refractivity contribution is 6.05. The van der Waals surface area contributed by atoms with Crippen LogP contribution < -0.4 is 4.74 Å². The zero-order valence-corrected chi connectivity index (χ0v) is 16.2. The van der Waals surface area contributed by atoms with Crippen molar-refractivity contribution < 1.29 is 49.6 Å².